The van der Waals surface area contributed by atoms with Crippen LogP contribution < -0.4 is 16.1 Å². The first-order valence-electron chi connectivity index (χ1n) is 9.77. The third-order valence-corrected chi connectivity index (χ3v) is 5.59. The van der Waals surface area contributed by atoms with Gasteiger partial charge in [0, 0.05) is 32.2 Å². The minimum absolute atomic E-state index is 0.123. The molecule has 8 heteroatoms. The van der Waals surface area contributed by atoms with Gasteiger partial charge in [0.1, 0.15) is 5.82 Å². The fourth-order valence-electron chi connectivity index (χ4n) is 4.02. The molecule has 30 heavy (non-hydrogen) atoms. The van der Waals surface area contributed by atoms with Gasteiger partial charge >= 0.3 is 5.69 Å². The summed E-state index contributed by atoms with van der Waals surface area (Å²) in [5.41, 5.74) is 1.20. The summed E-state index contributed by atoms with van der Waals surface area (Å²) in [5, 5.41) is 0. The third-order valence-electron chi connectivity index (χ3n) is 5.59. The van der Waals surface area contributed by atoms with Gasteiger partial charge in [0.15, 0.2) is 11.2 Å². The highest BCUT2D eigenvalue weighted by atomic mass is 19.1. The van der Waals surface area contributed by atoms with Crippen molar-refractivity contribution in [2.75, 3.05) is 11.4 Å². The molecule has 0 saturated carbocycles. The Balaban J connectivity index is 1.62. The van der Waals surface area contributed by atoms with E-state index < -0.39 is 17.1 Å². The molecule has 0 atom stereocenters. The molecule has 0 saturated heterocycles. The van der Waals surface area contributed by atoms with Crippen molar-refractivity contribution >= 4 is 17.1 Å². The summed E-state index contributed by atoms with van der Waals surface area (Å²) < 4.78 is 18.4. The molecule has 0 radical (unpaired) electrons. The molecule has 4 aromatic rings. The van der Waals surface area contributed by atoms with Crippen LogP contribution in [0.2, 0.25) is 0 Å². The molecule has 152 valence electrons. The number of imidazole rings is 1. The van der Waals surface area contributed by atoms with Crippen molar-refractivity contribution in [1.82, 2.24) is 18.7 Å². The molecule has 3 heterocycles. The summed E-state index contributed by atoms with van der Waals surface area (Å²) in [6.45, 7) is 1.87. The smallest absolute Gasteiger partial charge is 0.332 e. The Hall–Kier alpha value is -3.68. The van der Waals surface area contributed by atoms with Crippen LogP contribution in [-0.4, -0.2) is 25.2 Å². The van der Waals surface area contributed by atoms with Crippen LogP contribution in [0.5, 0.6) is 0 Å². The van der Waals surface area contributed by atoms with Gasteiger partial charge in [-0.05, 0) is 11.6 Å². The third kappa shape index (κ3) is 2.83. The molecule has 0 unspecified atom stereocenters. The Morgan fingerprint density at radius 1 is 0.967 bits per heavy atom. The molecule has 0 amide bonds. The van der Waals surface area contributed by atoms with Gasteiger partial charge in [-0.1, -0.05) is 48.5 Å². The normalized spacial score (nSPS) is 13.2. The van der Waals surface area contributed by atoms with Crippen molar-refractivity contribution in [2.24, 2.45) is 7.05 Å². The Labute approximate surface area is 171 Å². The van der Waals surface area contributed by atoms with Crippen LogP contribution in [0.4, 0.5) is 10.3 Å². The number of benzene rings is 2. The first kappa shape index (κ1) is 18.4. The summed E-state index contributed by atoms with van der Waals surface area (Å²) in [5.74, 6) is 0.226. The van der Waals surface area contributed by atoms with E-state index in [0.29, 0.717) is 35.8 Å². The monoisotopic (exact) mass is 405 g/mol. The molecule has 0 fully saturated rings. The number of anilines is 1. The predicted octanol–water partition coefficient (Wildman–Crippen LogP) is 2.10. The number of hydrogen-bond donors (Lipinski definition) is 0. The number of fused-ring (bicyclic) bond motifs is 3. The Morgan fingerprint density at radius 2 is 1.70 bits per heavy atom. The maximum atomic E-state index is 14.1. The van der Waals surface area contributed by atoms with E-state index in [0.717, 1.165) is 16.7 Å². The van der Waals surface area contributed by atoms with Gasteiger partial charge in [-0.25, -0.2) is 9.18 Å². The zero-order chi connectivity index (χ0) is 20.8. The maximum absolute atomic E-state index is 14.1. The van der Waals surface area contributed by atoms with Gasteiger partial charge in [0.25, 0.3) is 5.56 Å². The maximum Gasteiger partial charge on any atom is 0.332 e. The highest BCUT2D eigenvalue weighted by Crippen LogP contribution is 2.26. The molecule has 1 aliphatic heterocycles. The SMILES string of the molecule is Cn1c(=O)n(Cc2ccccc2F)c(=O)c2c1nc1n2CCN1Cc1ccccc1. The lowest BCUT2D eigenvalue weighted by Gasteiger charge is -2.15. The van der Waals surface area contributed by atoms with E-state index in [1.807, 2.05) is 34.9 Å². The first-order valence-corrected chi connectivity index (χ1v) is 9.77. The van der Waals surface area contributed by atoms with Gasteiger partial charge in [-0.2, -0.15) is 4.98 Å². The molecule has 0 aliphatic carbocycles. The number of rotatable bonds is 4. The van der Waals surface area contributed by atoms with Crippen molar-refractivity contribution in [3.63, 3.8) is 0 Å². The summed E-state index contributed by atoms with van der Waals surface area (Å²) >= 11 is 0. The molecule has 1 aliphatic rings. The van der Waals surface area contributed by atoms with E-state index in [4.69, 9.17) is 0 Å². The van der Waals surface area contributed by atoms with E-state index in [2.05, 4.69) is 9.88 Å². The summed E-state index contributed by atoms with van der Waals surface area (Å²) in [4.78, 5) is 32.8. The Morgan fingerprint density at radius 3 is 2.47 bits per heavy atom. The first-order chi connectivity index (χ1) is 14.5. The lowest BCUT2D eigenvalue weighted by molar-refractivity contribution is 0.581. The number of aromatic nitrogens is 4. The van der Waals surface area contributed by atoms with E-state index >= 15 is 0 Å². The van der Waals surface area contributed by atoms with Crippen LogP contribution in [0.25, 0.3) is 11.2 Å². The van der Waals surface area contributed by atoms with Crippen LogP contribution in [0.3, 0.4) is 0 Å². The van der Waals surface area contributed by atoms with Gasteiger partial charge in [0.05, 0.1) is 6.54 Å². The number of halogens is 1. The van der Waals surface area contributed by atoms with Crippen LogP contribution in [0.15, 0.2) is 64.2 Å². The van der Waals surface area contributed by atoms with Crippen molar-refractivity contribution in [3.8, 4) is 0 Å². The second-order valence-corrected chi connectivity index (χ2v) is 7.47. The van der Waals surface area contributed by atoms with Crippen LogP contribution in [0.1, 0.15) is 11.1 Å². The van der Waals surface area contributed by atoms with Crippen molar-refractivity contribution in [3.05, 3.63) is 92.4 Å². The van der Waals surface area contributed by atoms with E-state index in [1.165, 1.54) is 10.6 Å². The minimum atomic E-state index is -0.512. The summed E-state index contributed by atoms with van der Waals surface area (Å²) in [6.07, 6.45) is 0. The summed E-state index contributed by atoms with van der Waals surface area (Å²) in [6, 6.07) is 16.2. The molecular weight excluding hydrogens is 385 g/mol. The average molecular weight is 405 g/mol. The van der Waals surface area contributed by atoms with Crippen LogP contribution in [0, 0.1) is 5.82 Å². The van der Waals surface area contributed by atoms with Crippen LogP contribution in [-0.2, 0) is 26.7 Å². The summed E-state index contributed by atoms with van der Waals surface area (Å²) in [7, 11) is 1.59. The molecular formula is C22H20FN5O2. The highest BCUT2D eigenvalue weighted by molar-refractivity contribution is 5.75. The molecule has 0 N–H and O–H groups in total. The van der Waals surface area contributed by atoms with Gasteiger partial charge in [-0.15, -0.1) is 0 Å². The minimum Gasteiger partial charge on any atom is -0.336 e. The molecule has 0 spiro atoms. The Bertz CT molecular complexity index is 1370. The van der Waals surface area contributed by atoms with Crippen molar-refractivity contribution < 1.29 is 4.39 Å². The largest absolute Gasteiger partial charge is 0.336 e. The van der Waals surface area contributed by atoms with Crippen molar-refractivity contribution in [2.45, 2.75) is 19.6 Å². The Kier molecular flexibility index (Phi) is 4.27. The fraction of sp³-hybridized carbons (Fsp3) is 0.227. The molecule has 2 aromatic carbocycles. The molecule has 2 aromatic heterocycles. The van der Waals surface area contributed by atoms with Crippen LogP contribution >= 0.6 is 0 Å². The molecule has 5 rings (SSSR count). The predicted molar refractivity (Wildman–Crippen MR) is 112 cm³/mol. The molecule has 0 bridgehead atoms. The fourth-order valence-corrected chi connectivity index (χ4v) is 4.02. The van der Waals surface area contributed by atoms with Crippen molar-refractivity contribution in [1.29, 1.82) is 0 Å². The quantitative estimate of drug-likeness (QED) is 0.522. The number of aryl methyl sites for hydroxylation is 1. The van der Waals surface area contributed by atoms with E-state index in [1.54, 1.807) is 25.2 Å². The number of nitrogens with zero attached hydrogens (tertiary/aromatic N) is 5. The zero-order valence-electron chi connectivity index (χ0n) is 16.5. The second kappa shape index (κ2) is 6.98. The van der Waals surface area contributed by atoms with E-state index in [9.17, 15) is 14.0 Å². The zero-order valence-corrected chi connectivity index (χ0v) is 16.5. The topological polar surface area (TPSA) is 65.1 Å². The van der Waals surface area contributed by atoms with Gasteiger partial charge in [0.2, 0.25) is 5.95 Å². The standard InChI is InChI=1S/C22H20FN5O2/c1-25-19-18(20(29)28(22(25)30)14-16-9-5-6-10-17(16)23)27-12-11-26(21(27)24-19)13-15-7-3-2-4-8-15/h2-10H,11-14H2,1H3. The molecule has 7 nitrogen and oxygen atoms in total. The lowest BCUT2D eigenvalue weighted by Crippen LogP contribution is -2.40. The van der Waals surface area contributed by atoms with Gasteiger partial charge in [-0.3, -0.25) is 13.9 Å². The highest BCUT2D eigenvalue weighted by Gasteiger charge is 2.28. The lowest BCUT2D eigenvalue weighted by atomic mass is 10.2. The average Bonchev–Trinajstić information content (AvgIpc) is 3.32. The second-order valence-electron chi connectivity index (χ2n) is 7.47. The van der Waals surface area contributed by atoms with E-state index in [-0.39, 0.29) is 6.54 Å². The number of hydrogen-bond acceptors (Lipinski definition) is 4. The van der Waals surface area contributed by atoms with Gasteiger partial charge < -0.3 is 9.47 Å².